The summed E-state index contributed by atoms with van der Waals surface area (Å²) in [5.74, 6) is 0.0452. The zero-order valence-corrected chi connectivity index (χ0v) is 27.8. The number of likely N-dealkylation sites (tertiary alicyclic amines) is 1. The quantitative estimate of drug-likeness (QED) is 0.122. The number of nitrogens with one attached hydrogen (secondary N) is 1. The third-order valence-electron chi connectivity index (χ3n) is 7.57. The molecule has 2 aromatic carbocycles. The Balaban J connectivity index is 1.47. The number of aromatic nitrogens is 1. The lowest BCUT2D eigenvalue weighted by Gasteiger charge is -2.32. The Morgan fingerprint density at radius 2 is 1.67 bits per heavy atom. The Labute approximate surface area is 275 Å². The second-order valence-corrected chi connectivity index (χ2v) is 12.1. The van der Waals surface area contributed by atoms with Gasteiger partial charge in [0.15, 0.2) is 0 Å². The topological polar surface area (TPSA) is 107 Å². The summed E-state index contributed by atoms with van der Waals surface area (Å²) in [5, 5.41) is 5.91. The van der Waals surface area contributed by atoms with Gasteiger partial charge in [0, 0.05) is 24.0 Å². The van der Waals surface area contributed by atoms with E-state index in [0.29, 0.717) is 57.7 Å². The smallest absolute Gasteiger partial charge is 0.333 e. The van der Waals surface area contributed by atoms with Crippen LogP contribution in [0.1, 0.15) is 68.4 Å². The van der Waals surface area contributed by atoms with Crippen molar-refractivity contribution in [2.75, 3.05) is 26.3 Å². The Hall–Kier alpha value is -4.44. The number of nitrogens with zero attached hydrogens (tertiary/aromatic N) is 2. The van der Waals surface area contributed by atoms with E-state index in [0.717, 1.165) is 33.2 Å². The van der Waals surface area contributed by atoms with Crippen LogP contribution in [0.3, 0.4) is 0 Å². The monoisotopic (exact) mass is 645 g/mol. The third-order valence-corrected chi connectivity index (χ3v) is 8.54. The molecular formula is C36H43N3O6S. The third kappa shape index (κ3) is 10.3. The summed E-state index contributed by atoms with van der Waals surface area (Å²) in [6.07, 6.45) is 5.36. The van der Waals surface area contributed by atoms with Gasteiger partial charge >= 0.3 is 18.0 Å². The fraction of sp³-hybridized carbons (Fsp3) is 0.389. The molecule has 1 fully saturated rings. The molecule has 1 N–H and O–H groups in total. The molecule has 1 aliphatic rings. The first-order valence-corrected chi connectivity index (χ1v) is 16.6. The van der Waals surface area contributed by atoms with Crippen LogP contribution in [0.4, 0.5) is 4.79 Å². The molecule has 1 atom stereocenters. The van der Waals surface area contributed by atoms with Crippen LogP contribution in [0.15, 0.2) is 77.2 Å². The van der Waals surface area contributed by atoms with Crippen molar-refractivity contribution >= 4 is 35.4 Å². The van der Waals surface area contributed by atoms with E-state index in [1.165, 1.54) is 11.3 Å². The predicted octanol–water partition coefficient (Wildman–Crippen LogP) is 6.90. The largest absolute Gasteiger partial charge is 0.489 e. The van der Waals surface area contributed by atoms with E-state index in [-0.39, 0.29) is 29.9 Å². The molecule has 1 aliphatic heterocycles. The normalized spacial score (nSPS) is 14.8. The van der Waals surface area contributed by atoms with Crippen molar-refractivity contribution in [3.8, 4) is 5.75 Å². The number of esters is 2. The molecule has 0 unspecified atom stereocenters. The molecule has 2 heterocycles. The number of carbonyl (C=O) groups excluding carboxylic acids is 3. The molecule has 1 saturated heterocycles. The molecule has 244 valence electrons. The first kappa shape index (κ1) is 34.4. The van der Waals surface area contributed by atoms with Gasteiger partial charge in [-0.25, -0.2) is 14.6 Å². The molecule has 46 heavy (non-hydrogen) atoms. The van der Waals surface area contributed by atoms with E-state index < -0.39 is 0 Å². The molecule has 2 amide bonds. The first-order valence-electron chi connectivity index (χ1n) is 15.7. The molecule has 10 heteroatoms. The Bertz CT molecular complexity index is 1510. The molecule has 0 spiro atoms. The van der Waals surface area contributed by atoms with E-state index in [1.54, 1.807) is 31.7 Å². The molecule has 0 bridgehead atoms. The van der Waals surface area contributed by atoms with Crippen LogP contribution in [-0.4, -0.2) is 54.2 Å². The van der Waals surface area contributed by atoms with Gasteiger partial charge in [-0.2, -0.15) is 0 Å². The zero-order chi connectivity index (χ0) is 32.9. The van der Waals surface area contributed by atoms with Crippen molar-refractivity contribution in [1.29, 1.82) is 0 Å². The number of allylic oxidation sites excluding steroid dienone is 2. The maximum atomic E-state index is 13.5. The number of ether oxygens (including phenoxy) is 3. The summed E-state index contributed by atoms with van der Waals surface area (Å²) in [6.45, 7) is 9.32. The van der Waals surface area contributed by atoms with Crippen LogP contribution in [0.2, 0.25) is 0 Å². The van der Waals surface area contributed by atoms with E-state index in [1.807, 2.05) is 73.0 Å². The zero-order valence-electron chi connectivity index (χ0n) is 27.0. The van der Waals surface area contributed by atoms with Crippen LogP contribution in [0.25, 0.3) is 6.08 Å². The lowest BCUT2D eigenvalue weighted by atomic mass is 9.97. The van der Waals surface area contributed by atoms with Crippen LogP contribution in [-0.2, 0) is 32.1 Å². The molecule has 4 rings (SSSR count). The minimum Gasteiger partial charge on any atom is -0.489 e. The summed E-state index contributed by atoms with van der Waals surface area (Å²) in [7, 11) is 0. The van der Waals surface area contributed by atoms with Gasteiger partial charge in [0.2, 0.25) is 0 Å². The van der Waals surface area contributed by atoms with Gasteiger partial charge in [0.25, 0.3) is 0 Å². The molecule has 0 saturated carbocycles. The standard InChI is InChI=1S/C36H43N3O6S/c1-5-43-34(40)26(4)20-25(3)21-30-24-46-33(37-30)32(38-36(42)39-18-16-29(17-19-39)35(41)44-6-2)22-27-12-14-31(15-13-27)45-23-28-10-8-7-9-11-28/h7-15,20-21,24,29,32H,5-6,16-19,22-23H2,1-4H3,(H,38,42)/b25-21+,26-20-/t32-/m0/s1. The van der Waals surface area contributed by atoms with Gasteiger partial charge in [0.1, 0.15) is 17.4 Å². The van der Waals surface area contributed by atoms with E-state index in [4.69, 9.17) is 19.2 Å². The van der Waals surface area contributed by atoms with Crippen LogP contribution in [0.5, 0.6) is 5.75 Å². The van der Waals surface area contributed by atoms with E-state index in [9.17, 15) is 14.4 Å². The summed E-state index contributed by atoms with van der Waals surface area (Å²) in [6, 6.07) is 17.3. The lowest BCUT2D eigenvalue weighted by molar-refractivity contribution is -0.149. The minimum atomic E-state index is -0.379. The Morgan fingerprint density at radius 3 is 2.35 bits per heavy atom. The summed E-state index contributed by atoms with van der Waals surface area (Å²) in [5.41, 5.74) is 4.23. The van der Waals surface area contributed by atoms with Crippen LogP contribution >= 0.6 is 11.3 Å². The average molecular weight is 646 g/mol. The number of carbonyl (C=O) groups is 3. The fourth-order valence-corrected chi connectivity index (χ4v) is 5.99. The van der Waals surface area contributed by atoms with E-state index >= 15 is 0 Å². The van der Waals surface area contributed by atoms with Gasteiger partial charge in [0.05, 0.1) is 30.9 Å². The number of urea groups is 1. The van der Waals surface area contributed by atoms with Crippen molar-refractivity contribution in [2.24, 2.45) is 5.92 Å². The molecule has 1 aromatic heterocycles. The highest BCUT2D eigenvalue weighted by atomic mass is 32.1. The maximum Gasteiger partial charge on any atom is 0.333 e. The van der Waals surface area contributed by atoms with Gasteiger partial charge < -0.3 is 24.4 Å². The highest BCUT2D eigenvalue weighted by Crippen LogP contribution is 2.26. The van der Waals surface area contributed by atoms with E-state index in [2.05, 4.69) is 5.32 Å². The Kier molecular flexibility index (Phi) is 13.0. The summed E-state index contributed by atoms with van der Waals surface area (Å²) >= 11 is 1.47. The predicted molar refractivity (Wildman–Crippen MR) is 179 cm³/mol. The number of rotatable bonds is 13. The molecule has 0 radical (unpaired) electrons. The first-order chi connectivity index (χ1) is 22.2. The number of thiazole rings is 1. The van der Waals surface area contributed by atoms with Crippen molar-refractivity contribution < 1.29 is 28.6 Å². The molecule has 0 aliphatic carbocycles. The fourth-order valence-electron chi connectivity index (χ4n) is 5.16. The lowest BCUT2D eigenvalue weighted by Crippen LogP contribution is -2.47. The molecular weight excluding hydrogens is 602 g/mol. The number of hydrogen-bond acceptors (Lipinski definition) is 8. The van der Waals surface area contributed by atoms with Gasteiger partial charge in [-0.15, -0.1) is 11.3 Å². The summed E-state index contributed by atoms with van der Waals surface area (Å²) < 4.78 is 16.2. The van der Waals surface area contributed by atoms with Crippen molar-refractivity contribution in [2.45, 2.75) is 59.6 Å². The van der Waals surface area contributed by atoms with Gasteiger partial charge in [-0.1, -0.05) is 42.5 Å². The van der Waals surface area contributed by atoms with Crippen LogP contribution in [0, 0.1) is 5.92 Å². The van der Waals surface area contributed by atoms with Crippen molar-refractivity contribution in [3.63, 3.8) is 0 Å². The van der Waals surface area contributed by atoms with Crippen molar-refractivity contribution in [1.82, 2.24) is 15.2 Å². The summed E-state index contributed by atoms with van der Waals surface area (Å²) in [4.78, 5) is 44.3. The molecule has 9 nitrogen and oxygen atoms in total. The van der Waals surface area contributed by atoms with Gasteiger partial charge in [-0.05, 0) is 87.9 Å². The van der Waals surface area contributed by atoms with Gasteiger partial charge in [-0.3, -0.25) is 4.79 Å². The highest BCUT2D eigenvalue weighted by molar-refractivity contribution is 7.09. The number of piperidine rings is 1. The minimum absolute atomic E-state index is 0.180. The van der Waals surface area contributed by atoms with Crippen LogP contribution < -0.4 is 10.1 Å². The SMILES string of the molecule is CCOC(=O)/C(C)=C\C(C)=C\c1csc([C@H](Cc2ccc(OCc3ccccc3)cc2)NC(=O)N2CCC(C(=O)OCC)CC2)n1. The molecule has 3 aromatic rings. The maximum absolute atomic E-state index is 13.5. The van der Waals surface area contributed by atoms with Crippen molar-refractivity contribution in [3.05, 3.63) is 99.0 Å². The second kappa shape index (κ2) is 17.3. The highest BCUT2D eigenvalue weighted by Gasteiger charge is 2.30. The average Bonchev–Trinajstić information content (AvgIpc) is 3.53. The Morgan fingerprint density at radius 1 is 0.978 bits per heavy atom. The second-order valence-electron chi connectivity index (χ2n) is 11.2. The number of amides is 2. The number of hydrogen-bond donors (Lipinski definition) is 1. The number of benzene rings is 2.